The van der Waals surface area contributed by atoms with Crippen LogP contribution in [0, 0.1) is 0 Å². The van der Waals surface area contributed by atoms with Crippen LogP contribution in [-0.2, 0) is 0 Å². The fraction of sp³-hybridized carbons (Fsp3) is 0.571. The molecule has 2 fully saturated rings. The topological polar surface area (TPSA) is 42.0 Å². The largest absolute Gasteiger partial charge is 0.497 e. The third-order valence-electron chi connectivity index (χ3n) is 5.55. The maximum absolute atomic E-state index is 12.5. The Balaban J connectivity index is 1.54. The molecular formula is C21H30N2O3. The summed E-state index contributed by atoms with van der Waals surface area (Å²) in [6.45, 7) is 4.16. The van der Waals surface area contributed by atoms with E-state index < -0.39 is 0 Å². The number of hydrogen-bond donors (Lipinski definition) is 0. The van der Waals surface area contributed by atoms with Gasteiger partial charge in [0.25, 0.3) is 0 Å². The molecular weight excluding hydrogens is 328 g/mol. The molecule has 26 heavy (non-hydrogen) atoms. The Bertz CT molecular complexity index is 630. The molecule has 0 aromatic heterocycles. The van der Waals surface area contributed by atoms with Crippen molar-refractivity contribution in [3.8, 4) is 11.5 Å². The number of rotatable bonds is 6. The zero-order valence-corrected chi connectivity index (χ0v) is 15.9. The maximum Gasteiger partial charge on any atom is 0.191 e. The fourth-order valence-electron chi connectivity index (χ4n) is 3.96. The molecule has 1 aliphatic heterocycles. The van der Waals surface area contributed by atoms with E-state index in [0.29, 0.717) is 17.1 Å². The number of ketones is 1. The molecule has 0 atom stereocenters. The Morgan fingerprint density at radius 1 is 1.04 bits per heavy atom. The summed E-state index contributed by atoms with van der Waals surface area (Å²) in [5.41, 5.74) is 0.561. The number of hydrogen-bond acceptors (Lipinski definition) is 5. The Morgan fingerprint density at radius 2 is 1.77 bits per heavy atom. The highest BCUT2D eigenvalue weighted by atomic mass is 16.5. The van der Waals surface area contributed by atoms with E-state index in [2.05, 4.69) is 9.80 Å². The summed E-state index contributed by atoms with van der Waals surface area (Å²) in [5.74, 6) is 1.18. The van der Waals surface area contributed by atoms with Crippen molar-refractivity contribution >= 4 is 5.78 Å². The normalized spacial score (nSPS) is 19.7. The number of methoxy groups -OCH3 is 2. The van der Waals surface area contributed by atoms with E-state index in [4.69, 9.17) is 9.47 Å². The van der Waals surface area contributed by atoms with Crippen molar-refractivity contribution in [1.29, 1.82) is 0 Å². The zero-order chi connectivity index (χ0) is 18.4. The number of benzene rings is 1. The van der Waals surface area contributed by atoms with E-state index >= 15 is 0 Å². The summed E-state index contributed by atoms with van der Waals surface area (Å²) >= 11 is 0. The van der Waals surface area contributed by atoms with Gasteiger partial charge in [-0.1, -0.05) is 19.3 Å². The van der Waals surface area contributed by atoms with E-state index in [1.807, 2.05) is 6.20 Å². The molecule has 1 heterocycles. The molecule has 1 saturated carbocycles. The van der Waals surface area contributed by atoms with Gasteiger partial charge in [-0.15, -0.1) is 0 Å². The van der Waals surface area contributed by atoms with Crippen LogP contribution in [0.25, 0.3) is 0 Å². The molecule has 2 aliphatic rings. The van der Waals surface area contributed by atoms with E-state index in [1.54, 1.807) is 38.5 Å². The van der Waals surface area contributed by atoms with Gasteiger partial charge in [0.1, 0.15) is 11.5 Å². The number of allylic oxidation sites excluding steroid dienone is 1. The van der Waals surface area contributed by atoms with Gasteiger partial charge in [-0.05, 0) is 25.0 Å². The summed E-state index contributed by atoms with van der Waals surface area (Å²) in [5, 5.41) is 0. The first-order chi connectivity index (χ1) is 12.7. The van der Waals surface area contributed by atoms with Crippen LogP contribution in [0.15, 0.2) is 30.5 Å². The summed E-state index contributed by atoms with van der Waals surface area (Å²) in [6.07, 6.45) is 10.4. The van der Waals surface area contributed by atoms with Crippen LogP contribution in [0.5, 0.6) is 11.5 Å². The van der Waals surface area contributed by atoms with E-state index in [9.17, 15) is 4.79 Å². The monoisotopic (exact) mass is 358 g/mol. The van der Waals surface area contributed by atoms with E-state index in [0.717, 1.165) is 32.2 Å². The smallest absolute Gasteiger partial charge is 0.191 e. The molecule has 5 nitrogen and oxygen atoms in total. The molecule has 3 rings (SSSR count). The molecule has 1 aliphatic carbocycles. The van der Waals surface area contributed by atoms with Gasteiger partial charge < -0.3 is 14.4 Å². The van der Waals surface area contributed by atoms with Gasteiger partial charge in [0.15, 0.2) is 5.78 Å². The quantitative estimate of drug-likeness (QED) is 0.576. The van der Waals surface area contributed by atoms with Crippen molar-refractivity contribution in [2.75, 3.05) is 40.4 Å². The van der Waals surface area contributed by atoms with Crippen LogP contribution in [0.3, 0.4) is 0 Å². The van der Waals surface area contributed by atoms with Crippen molar-refractivity contribution in [2.24, 2.45) is 0 Å². The second-order valence-electron chi connectivity index (χ2n) is 7.11. The lowest BCUT2D eigenvalue weighted by Crippen LogP contribution is -2.49. The van der Waals surface area contributed by atoms with Gasteiger partial charge in [-0.3, -0.25) is 9.69 Å². The summed E-state index contributed by atoms with van der Waals surface area (Å²) < 4.78 is 10.5. The predicted octanol–water partition coefficient (Wildman–Crippen LogP) is 3.35. The van der Waals surface area contributed by atoms with E-state index in [-0.39, 0.29) is 5.78 Å². The standard InChI is InChI=1S/C21H30N2O3/c1-25-18-8-9-19(21(16-18)26-2)20(24)10-11-22-12-14-23(15-13-22)17-6-4-3-5-7-17/h8-11,16-17H,3-7,12-15H2,1-2H3. The van der Waals surface area contributed by atoms with Crippen LogP contribution in [-0.4, -0.2) is 62.0 Å². The van der Waals surface area contributed by atoms with Gasteiger partial charge in [0, 0.05) is 50.6 Å². The van der Waals surface area contributed by atoms with Gasteiger partial charge >= 0.3 is 0 Å². The van der Waals surface area contributed by atoms with Crippen LogP contribution >= 0.6 is 0 Å². The SMILES string of the molecule is COc1ccc(C(=O)C=CN2CCN(C3CCCCC3)CC2)c(OC)c1. The first-order valence-electron chi connectivity index (χ1n) is 9.64. The van der Waals surface area contributed by atoms with Gasteiger partial charge in [0.2, 0.25) is 0 Å². The molecule has 0 radical (unpaired) electrons. The number of piperazine rings is 1. The van der Waals surface area contributed by atoms with Crippen LogP contribution in [0.4, 0.5) is 0 Å². The molecule has 1 aromatic carbocycles. The van der Waals surface area contributed by atoms with Crippen molar-refractivity contribution in [3.05, 3.63) is 36.0 Å². The first kappa shape index (κ1) is 18.8. The van der Waals surface area contributed by atoms with Crippen LogP contribution < -0.4 is 9.47 Å². The summed E-state index contributed by atoms with van der Waals surface area (Å²) in [4.78, 5) is 17.4. The minimum absolute atomic E-state index is 0.0424. The molecule has 0 bridgehead atoms. The third kappa shape index (κ3) is 4.58. The van der Waals surface area contributed by atoms with Gasteiger partial charge in [0.05, 0.1) is 19.8 Å². The van der Waals surface area contributed by atoms with Crippen LogP contribution in [0.1, 0.15) is 42.5 Å². The molecule has 0 unspecified atom stereocenters. The lowest BCUT2D eigenvalue weighted by Gasteiger charge is -2.40. The second kappa shape index (κ2) is 9.08. The Kier molecular flexibility index (Phi) is 6.56. The molecule has 1 saturated heterocycles. The maximum atomic E-state index is 12.5. The molecule has 5 heteroatoms. The number of ether oxygens (including phenoxy) is 2. The number of carbonyl (C=O) groups excluding carboxylic acids is 1. The van der Waals surface area contributed by atoms with Gasteiger partial charge in [-0.25, -0.2) is 0 Å². The predicted molar refractivity (Wildman–Crippen MR) is 103 cm³/mol. The Labute approximate surface area is 156 Å². The second-order valence-corrected chi connectivity index (χ2v) is 7.11. The summed E-state index contributed by atoms with van der Waals surface area (Å²) in [6, 6.07) is 6.06. The average Bonchev–Trinajstić information content (AvgIpc) is 2.72. The summed E-state index contributed by atoms with van der Waals surface area (Å²) in [7, 11) is 3.17. The molecule has 1 aromatic rings. The highest BCUT2D eigenvalue weighted by Gasteiger charge is 2.24. The molecule has 0 N–H and O–H groups in total. The Morgan fingerprint density at radius 3 is 2.42 bits per heavy atom. The molecule has 0 spiro atoms. The molecule has 0 amide bonds. The zero-order valence-electron chi connectivity index (χ0n) is 15.9. The van der Waals surface area contributed by atoms with Crippen molar-refractivity contribution in [3.63, 3.8) is 0 Å². The van der Waals surface area contributed by atoms with Crippen molar-refractivity contribution < 1.29 is 14.3 Å². The number of nitrogens with zero attached hydrogens (tertiary/aromatic N) is 2. The average molecular weight is 358 g/mol. The molecule has 142 valence electrons. The van der Waals surface area contributed by atoms with Crippen LogP contribution in [0.2, 0.25) is 0 Å². The highest BCUT2D eigenvalue weighted by Crippen LogP contribution is 2.26. The fourth-order valence-corrected chi connectivity index (χ4v) is 3.96. The number of carbonyl (C=O) groups is 1. The highest BCUT2D eigenvalue weighted by molar-refractivity contribution is 6.06. The third-order valence-corrected chi connectivity index (χ3v) is 5.55. The van der Waals surface area contributed by atoms with Crippen molar-refractivity contribution in [1.82, 2.24) is 9.80 Å². The first-order valence-corrected chi connectivity index (χ1v) is 9.64. The minimum atomic E-state index is -0.0424. The van der Waals surface area contributed by atoms with Crippen molar-refractivity contribution in [2.45, 2.75) is 38.1 Å². The Hall–Kier alpha value is -2.01. The minimum Gasteiger partial charge on any atom is -0.497 e. The van der Waals surface area contributed by atoms with E-state index in [1.165, 1.54) is 32.1 Å². The van der Waals surface area contributed by atoms with Gasteiger partial charge in [-0.2, -0.15) is 0 Å². The lowest BCUT2D eigenvalue weighted by atomic mass is 9.94. The lowest BCUT2D eigenvalue weighted by molar-refractivity contribution is 0.0977.